The Morgan fingerprint density at radius 1 is 1.47 bits per heavy atom. The first-order chi connectivity index (χ1) is 8.09. The molecule has 0 saturated carbocycles. The van der Waals surface area contributed by atoms with Gasteiger partial charge in [0, 0.05) is 18.5 Å². The van der Waals surface area contributed by atoms with Crippen LogP contribution < -0.4 is 5.73 Å². The van der Waals surface area contributed by atoms with Gasteiger partial charge < -0.3 is 15.6 Å². The Labute approximate surface area is 106 Å². The Bertz CT molecular complexity index is 326. The van der Waals surface area contributed by atoms with Crippen LogP contribution in [-0.4, -0.2) is 23.1 Å². The average molecular weight is 260 g/mol. The van der Waals surface area contributed by atoms with Gasteiger partial charge in [0.05, 0.1) is 17.7 Å². The summed E-state index contributed by atoms with van der Waals surface area (Å²) in [5.74, 6) is 0.101. The molecule has 0 fully saturated rings. The van der Waals surface area contributed by atoms with E-state index in [2.05, 4.69) is 0 Å². The Morgan fingerprint density at radius 3 is 2.88 bits per heavy atom. The van der Waals surface area contributed by atoms with Crippen molar-refractivity contribution in [3.63, 3.8) is 0 Å². The number of alkyl halides is 1. The van der Waals surface area contributed by atoms with Gasteiger partial charge in [-0.1, -0.05) is 0 Å². The first kappa shape index (κ1) is 13.9. The highest BCUT2D eigenvalue weighted by molar-refractivity contribution is 6.22. The Morgan fingerprint density at radius 2 is 2.24 bits per heavy atom. The van der Waals surface area contributed by atoms with Crippen LogP contribution in [0.4, 0.5) is 0 Å². The summed E-state index contributed by atoms with van der Waals surface area (Å²) < 4.78 is 5.54. The molecule has 96 valence electrons. The van der Waals surface area contributed by atoms with Crippen LogP contribution in [0.5, 0.6) is 0 Å². The summed E-state index contributed by atoms with van der Waals surface area (Å²) in [7, 11) is 0. The topological polar surface area (TPSA) is 72.5 Å². The summed E-state index contributed by atoms with van der Waals surface area (Å²) in [5, 5.41) is 8.28. The van der Waals surface area contributed by atoms with Crippen LogP contribution in [0.25, 0.3) is 0 Å². The summed E-state index contributed by atoms with van der Waals surface area (Å²) >= 11 is 5.98. The summed E-state index contributed by atoms with van der Waals surface area (Å²) in [6, 6.07) is 0. The highest BCUT2D eigenvalue weighted by Gasteiger charge is 2.15. The maximum absolute atomic E-state index is 10.3. The number of allylic oxidation sites excluding steroid dienone is 4. The Kier molecular flexibility index (Phi) is 5.91. The fourth-order valence-electron chi connectivity index (χ4n) is 1.52. The summed E-state index contributed by atoms with van der Waals surface area (Å²) in [6.45, 7) is 0.600. The third kappa shape index (κ3) is 5.63. The maximum Gasteiger partial charge on any atom is 0.303 e. The van der Waals surface area contributed by atoms with Crippen LogP contribution in [0.2, 0.25) is 0 Å². The lowest BCUT2D eigenvalue weighted by Gasteiger charge is -2.17. The zero-order chi connectivity index (χ0) is 12.7. The lowest BCUT2D eigenvalue weighted by molar-refractivity contribution is -0.137. The Balaban J connectivity index is 2.09. The molecule has 0 radical (unpaired) electrons. The third-order valence-electron chi connectivity index (χ3n) is 2.53. The van der Waals surface area contributed by atoms with Gasteiger partial charge in [-0.15, -0.1) is 11.6 Å². The number of rotatable bonds is 7. The molecular weight excluding hydrogens is 242 g/mol. The van der Waals surface area contributed by atoms with E-state index < -0.39 is 5.97 Å². The second kappa shape index (κ2) is 7.22. The molecule has 1 unspecified atom stereocenters. The van der Waals surface area contributed by atoms with Gasteiger partial charge in [-0.2, -0.15) is 0 Å². The molecule has 0 aromatic carbocycles. The molecule has 1 atom stereocenters. The Hall–Kier alpha value is -1.16. The summed E-state index contributed by atoms with van der Waals surface area (Å²) in [4.78, 5) is 10.3. The number of carboxylic acid groups (broad SMARTS) is 1. The van der Waals surface area contributed by atoms with Gasteiger partial charge in [0.2, 0.25) is 0 Å². The number of nitrogens with two attached hydrogens (primary N) is 1. The molecule has 1 aliphatic rings. The van der Waals surface area contributed by atoms with Crippen LogP contribution >= 0.6 is 11.6 Å². The van der Waals surface area contributed by atoms with E-state index in [-0.39, 0.29) is 11.8 Å². The molecule has 0 amide bonds. The van der Waals surface area contributed by atoms with Crippen molar-refractivity contribution < 1.29 is 14.6 Å². The molecule has 0 heterocycles. The van der Waals surface area contributed by atoms with Gasteiger partial charge in [-0.05, 0) is 31.4 Å². The minimum absolute atomic E-state index is 0.179. The number of aliphatic carboxylic acids is 1. The summed E-state index contributed by atoms with van der Waals surface area (Å²) in [6.07, 6.45) is 6.87. The number of halogens is 1. The number of hydrogen-bond acceptors (Lipinski definition) is 3. The van der Waals surface area contributed by atoms with E-state index in [1.54, 1.807) is 6.08 Å². The molecular formula is C12H18ClNO3. The van der Waals surface area contributed by atoms with Crippen molar-refractivity contribution in [2.75, 3.05) is 6.61 Å². The molecule has 0 saturated heterocycles. The molecule has 0 bridgehead atoms. The highest BCUT2D eigenvalue weighted by atomic mass is 35.5. The molecule has 5 heteroatoms. The molecule has 0 aliphatic heterocycles. The number of unbranched alkanes of at least 4 members (excludes halogenated alkanes) is 2. The van der Waals surface area contributed by atoms with E-state index in [1.807, 2.05) is 6.08 Å². The van der Waals surface area contributed by atoms with Gasteiger partial charge in [0.15, 0.2) is 0 Å². The van der Waals surface area contributed by atoms with E-state index in [4.69, 9.17) is 27.2 Å². The van der Waals surface area contributed by atoms with E-state index in [1.165, 1.54) is 0 Å². The number of hydrogen-bond donors (Lipinski definition) is 2. The predicted molar refractivity (Wildman–Crippen MR) is 66.7 cm³/mol. The average Bonchev–Trinajstić information content (AvgIpc) is 2.27. The summed E-state index contributed by atoms with van der Waals surface area (Å²) in [5.41, 5.74) is 6.30. The number of carboxylic acids is 1. The minimum atomic E-state index is -0.744. The van der Waals surface area contributed by atoms with Crippen molar-refractivity contribution in [2.45, 2.75) is 37.5 Å². The number of carbonyl (C=O) groups is 1. The van der Waals surface area contributed by atoms with Crippen molar-refractivity contribution >= 4 is 17.6 Å². The molecule has 0 aromatic heterocycles. The fourth-order valence-corrected chi connectivity index (χ4v) is 1.75. The van der Waals surface area contributed by atoms with E-state index >= 15 is 0 Å². The molecule has 4 nitrogen and oxygen atoms in total. The van der Waals surface area contributed by atoms with Crippen LogP contribution in [-0.2, 0) is 9.53 Å². The van der Waals surface area contributed by atoms with Crippen molar-refractivity contribution in [1.82, 2.24) is 0 Å². The normalized spacial score (nSPS) is 19.5. The maximum atomic E-state index is 10.3. The molecule has 1 rings (SSSR count). The monoisotopic (exact) mass is 259 g/mol. The van der Waals surface area contributed by atoms with E-state index in [0.29, 0.717) is 25.1 Å². The second-order valence-corrected chi connectivity index (χ2v) is 4.55. The predicted octanol–water partition coefficient (Wildman–Crippen LogP) is 2.39. The van der Waals surface area contributed by atoms with Crippen molar-refractivity contribution in [3.8, 4) is 0 Å². The largest absolute Gasteiger partial charge is 0.498 e. The van der Waals surface area contributed by atoms with Gasteiger partial charge in [0.1, 0.15) is 0 Å². The van der Waals surface area contributed by atoms with Crippen LogP contribution in [0.3, 0.4) is 0 Å². The lowest BCUT2D eigenvalue weighted by atomic mass is 10.1. The van der Waals surface area contributed by atoms with Crippen molar-refractivity contribution in [2.24, 2.45) is 5.73 Å². The van der Waals surface area contributed by atoms with Crippen LogP contribution in [0.15, 0.2) is 23.6 Å². The zero-order valence-electron chi connectivity index (χ0n) is 9.69. The van der Waals surface area contributed by atoms with Gasteiger partial charge in [-0.25, -0.2) is 0 Å². The van der Waals surface area contributed by atoms with Crippen molar-refractivity contribution in [1.29, 1.82) is 0 Å². The van der Waals surface area contributed by atoms with E-state index in [9.17, 15) is 4.79 Å². The zero-order valence-corrected chi connectivity index (χ0v) is 10.4. The number of ether oxygens (including phenoxy) is 1. The quantitative estimate of drug-likeness (QED) is 0.544. The standard InChI is InChI=1S/C12H18ClNO3/c13-10-8-9(5-6-11(10)14)17-7-3-1-2-4-12(15)16/h5-6,10H,1-4,7-8,14H2,(H,15,16). The van der Waals surface area contributed by atoms with Crippen LogP contribution in [0.1, 0.15) is 32.1 Å². The first-order valence-corrected chi connectivity index (χ1v) is 6.18. The van der Waals surface area contributed by atoms with Gasteiger partial charge in [-0.3, -0.25) is 4.79 Å². The lowest BCUT2D eigenvalue weighted by Crippen LogP contribution is -2.16. The van der Waals surface area contributed by atoms with Gasteiger partial charge in [0.25, 0.3) is 0 Å². The van der Waals surface area contributed by atoms with E-state index in [0.717, 1.165) is 18.6 Å². The molecule has 17 heavy (non-hydrogen) atoms. The van der Waals surface area contributed by atoms with Crippen LogP contribution in [0, 0.1) is 0 Å². The molecule has 1 aliphatic carbocycles. The molecule has 0 spiro atoms. The molecule has 0 aromatic rings. The van der Waals surface area contributed by atoms with Crippen molar-refractivity contribution in [3.05, 3.63) is 23.6 Å². The third-order valence-corrected chi connectivity index (χ3v) is 2.93. The highest BCUT2D eigenvalue weighted by Crippen LogP contribution is 2.21. The molecule has 3 N–H and O–H groups in total. The fraction of sp³-hybridized carbons (Fsp3) is 0.583. The minimum Gasteiger partial charge on any atom is -0.498 e. The first-order valence-electron chi connectivity index (χ1n) is 5.74. The smallest absolute Gasteiger partial charge is 0.303 e. The van der Waals surface area contributed by atoms with Gasteiger partial charge >= 0.3 is 5.97 Å². The second-order valence-electron chi connectivity index (χ2n) is 4.02. The SMILES string of the molecule is NC1=CC=C(OCCCCCC(=O)O)CC1Cl.